The molecular formula is C16H25BrO5Si. The van der Waals surface area contributed by atoms with Crippen molar-refractivity contribution >= 4 is 30.2 Å². The third-order valence-electron chi connectivity index (χ3n) is 3.09. The first kappa shape index (κ1) is 20.4. The van der Waals surface area contributed by atoms with Crippen LogP contribution >= 0.6 is 15.9 Å². The van der Waals surface area contributed by atoms with Crippen LogP contribution in [0.5, 0.6) is 0 Å². The number of halogens is 1. The van der Waals surface area contributed by atoms with E-state index >= 15 is 0 Å². The molecule has 1 aliphatic rings. The highest BCUT2D eigenvalue weighted by molar-refractivity contribution is 9.09. The van der Waals surface area contributed by atoms with Crippen molar-refractivity contribution in [3.8, 4) is 0 Å². The Morgan fingerprint density at radius 2 is 2.22 bits per heavy atom. The summed E-state index contributed by atoms with van der Waals surface area (Å²) in [6, 6.07) is 0. The van der Waals surface area contributed by atoms with Crippen molar-refractivity contribution < 1.29 is 23.4 Å². The highest BCUT2D eigenvalue weighted by atomic mass is 79.9. The van der Waals surface area contributed by atoms with Gasteiger partial charge in [0.05, 0.1) is 6.10 Å². The van der Waals surface area contributed by atoms with Crippen molar-refractivity contribution in [2.75, 3.05) is 11.6 Å². The normalized spacial score (nSPS) is 25.5. The zero-order valence-electron chi connectivity index (χ0n) is 14.1. The van der Waals surface area contributed by atoms with Gasteiger partial charge >= 0.3 is 5.97 Å². The van der Waals surface area contributed by atoms with Crippen molar-refractivity contribution in [1.82, 2.24) is 0 Å². The summed E-state index contributed by atoms with van der Waals surface area (Å²) < 4.78 is 23.0. The van der Waals surface area contributed by atoms with E-state index < -0.39 is 32.8 Å². The van der Waals surface area contributed by atoms with Gasteiger partial charge in [0, 0.05) is 24.6 Å². The predicted molar refractivity (Wildman–Crippen MR) is 94.8 cm³/mol. The molecule has 0 radical (unpaired) electrons. The minimum atomic E-state index is -1.90. The standard InChI is InChI=1S/C16H25BrO5Si/c1-6-8-13(20-12(3)18)16-14(22-23(4,5)11-17)9-10-15(21-16)19-7-2/h8-10,13-16H,1,7,11H2,2-5H3/t13-,14-,15-,16+/m0/s1. The number of alkyl halides is 1. The summed E-state index contributed by atoms with van der Waals surface area (Å²) in [7, 11) is -1.90. The molecule has 0 unspecified atom stereocenters. The average Bonchev–Trinajstić information content (AvgIpc) is 2.48. The van der Waals surface area contributed by atoms with E-state index in [0.29, 0.717) is 6.61 Å². The number of rotatable bonds is 8. The van der Waals surface area contributed by atoms with E-state index in [-0.39, 0.29) is 6.10 Å². The summed E-state index contributed by atoms with van der Waals surface area (Å²) in [4.78, 5) is 12.2. The molecule has 1 aliphatic heterocycles. The second-order valence-corrected chi connectivity index (χ2v) is 11.4. The Labute approximate surface area is 147 Å². The van der Waals surface area contributed by atoms with Gasteiger partial charge in [-0.1, -0.05) is 28.6 Å². The van der Waals surface area contributed by atoms with Crippen LogP contribution in [0.15, 0.2) is 30.5 Å². The molecule has 130 valence electrons. The molecule has 0 aliphatic carbocycles. The molecule has 0 fully saturated rings. The van der Waals surface area contributed by atoms with Crippen LogP contribution in [0, 0.1) is 0 Å². The van der Waals surface area contributed by atoms with E-state index in [1.54, 1.807) is 6.08 Å². The molecule has 5 nitrogen and oxygen atoms in total. The Morgan fingerprint density at radius 1 is 1.52 bits per heavy atom. The fraction of sp³-hybridized carbons (Fsp3) is 0.625. The molecular weight excluding hydrogens is 380 g/mol. The minimum Gasteiger partial charge on any atom is -0.455 e. The zero-order valence-corrected chi connectivity index (χ0v) is 16.7. The number of carbonyl (C=O) groups is 1. The van der Waals surface area contributed by atoms with Gasteiger partial charge in [-0.25, -0.2) is 0 Å². The number of esters is 1. The molecule has 0 saturated carbocycles. The van der Waals surface area contributed by atoms with Crippen molar-refractivity contribution in [2.45, 2.75) is 51.5 Å². The maximum absolute atomic E-state index is 11.4. The highest BCUT2D eigenvalue weighted by Gasteiger charge is 2.38. The summed E-state index contributed by atoms with van der Waals surface area (Å²) in [6.45, 7) is 11.5. The van der Waals surface area contributed by atoms with E-state index in [2.05, 4.69) is 41.3 Å². The lowest BCUT2D eigenvalue weighted by Crippen LogP contribution is -2.50. The average molecular weight is 405 g/mol. The van der Waals surface area contributed by atoms with Crippen molar-refractivity contribution in [1.29, 1.82) is 0 Å². The Hall–Kier alpha value is -0.693. The molecule has 0 aromatic rings. The third-order valence-corrected chi connectivity index (χ3v) is 8.69. The van der Waals surface area contributed by atoms with Gasteiger partial charge in [0.1, 0.15) is 6.10 Å². The van der Waals surface area contributed by atoms with Crippen LogP contribution in [0.25, 0.3) is 0 Å². The molecule has 1 rings (SSSR count). The number of hydrogen-bond donors (Lipinski definition) is 0. The molecule has 23 heavy (non-hydrogen) atoms. The fourth-order valence-corrected chi connectivity index (χ4v) is 3.53. The van der Waals surface area contributed by atoms with Crippen molar-refractivity contribution in [3.63, 3.8) is 0 Å². The van der Waals surface area contributed by atoms with Gasteiger partial charge in [0.2, 0.25) is 0 Å². The van der Waals surface area contributed by atoms with Gasteiger partial charge in [-0.3, -0.25) is 4.79 Å². The Balaban J connectivity index is 3.03. The van der Waals surface area contributed by atoms with Gasteiger partial charge in [0.15, 0.2) is 20.7 Å². The van der Waals surface area contributed by atoms with E-state index in [1.165, 1.54) is 6.92 Å². The third kappa shape index (κ3) is 6.75. The molecule has 0 N–H and O–H groups in total. The van der Waals surface area contributed by atoms with Crippen LogP contribution in [0.4, 0.5) is 0 Å². The molecule has 0 saturated heterocycles. The summed E-state index contributed by atoms with van der Waals surface area (Å²) >= 11 is 3.49. The monoisotopic (exact) mass is 404 g/mol. The molecule has 0 bridgehead atoms. The topological polar surface area (TPSA) is 54.0 Å². The maximum Gasteiger partial charge on any atom is 0.303 e. The molecule has 7 heteroatoms. The van der Waals surface area contributed by atoms with Gasteiger partial charge in [-0.05, 0) is 26.1 Å². The second kappa shape index (κ2) is 9.57. The quantitative estimate of drug-likeness (QED) is 0.204. The van der Waals surface area contributed by atoms with Crippen LogP contribution in [-0.2, 0) is 23.4 Å². The minimum absolute atomic E-state index is 0.333. The highest BCUT2D eigenvalue weighted by Crippen LogP contribution is 2.25. The summed E-state index contributed by atoms with van der Waals surface area (Å²) in [6.07, 6.45) is 3.34. The largest absolute Gasteiger partial charge is 0.455 e. The summed E-state index contributed by atoms with van der Waals surface area (Å²) in [5.74, 6) is -0.400. The zero-order chi connectivity index (χ0) is 17.5. The first-order chi connectivity index (χ1) is 10.8. The van der Waals surface area contributed by atoms with Gasteiger partial charge in [0.25, 0.3) is 0 Å². The molecule has 4 atom stereocenters. The van der Waals surface area contributed by atoms with Crippen LogP contribution in [0.1, 0.15) is 13.8 Å². The lowest BCUT2D eigenvalue weighted by atomic mass is 10.0. The number of ether oxygens (including phenoxy) is 3. The van der Waals surface area contributed by atoms with Crippen LogP contribution in [0.3, 0.4) is 0 Å². The van der Waals surface area contributed by atoms with Crippen molar-refractivity contribution in [2.24, 2.45) is 0 Å². The van der Waals surface area contributed by atoms with Gasteiger partial charge in [-0.15, -0.1) is 5.73 Å². The molecule has 0 aromatic carbocycles. The summed E-state index contributed by atoms with van der Waals surface area (Å²) in [5, 5.41) is 0. The fourth-order valence-electron chi connectivity index (χ4n) is 2.12. The van der Waals surface area contributed by atoms with Gasteiger partial charge < -0.3 is 18.6 Å². The lowest BCUT2D eigenvalue weighted by molar-refractivity contribution is -0.196. The second-order valence-electron chi connectivity index (χ2n) is 5.73. The Bertz CT molecular complexity index is 473. The number of carbonyl (C=O) groups excluding carboxylic acids is 1. The van der Waals surface area contributed by atoms with E-state index in [4.69, 9.17) is 18.6 Å². The van der Waals surface area contributed by atoms with E-state index in [9.17, 15) is 4.79 Å². The molecule has 1 heterocycles. The van der Waals surface area contributed by atoms with Crippen LogP contribution < -0.4 is 0 Å². The van der Waals surface area contributed by atoms with Crippen LogP contribution in [0.2, 0.25) is 13.1 Å². The van der Waals surface area contributed by atoms with Gasteiger partial charge in [-0.2, -0.15) is 0 Å². The molecule has 0 spiro atoms. The van der Waals surface area contributed by atoms with Crippen LogP contribution in [-0.4, -0.2) is 50.4 Å². The van der Waals surface area contributed by atoms with E-state index in [0.717, 1.165) is 4.95 Å². The Morgan fingerprint density at radius 3 is 2.74 bits per heavy atom. The maximum atomic E-state index is 11.4. The lowest BCUT2D eigenvalue weighted by Gasteiger charge is -2.38. The SMILES string of the molecule is C=C=C[C@H](OC(C)=O)[C@H]1O[C@H](OCC)C=C[C@@H]1O[Si](C)(C)CBr. The predicted octanol–water partition coefficient (Wildman–Crippen LogP) is 3.10. The smallest absolute Gasteiger partial charge is 0.303 e. The molecule has 0 amide bonds. The van der Waals surface area contributed by atoms with E-state index in [1.807, 2.05) is 19.1 Å². The first-order valence-corrected chi connectivity index (χ1v) is 11.8. The first-order valence-electron chi connectivity index (χ1n) is 7.55. The Kier molecular flexibility index (Phi) is 8.46. The summed E-state index contributed by atoms with van der Waals surface area (Å²) in [5.41, 5.74) is 2.66. The molecule has 0 aromatic heterocycles. The van der Waals surface area contributed by atoms with Crippen molar-refractivity contribution in [3.05, 3.63) is 30.5 Å². The number of hydrogen-bond acceptors (Lipinski definition) is 5.